The maximum atomic E-state index is 13.3. The first-order valence-electron chi connectivity index (χ1n) is 9.49. The van der Waals surface area contributed by atoms with Crippen molar-refractivity contribution in [3.63, 3.8) is 0 Å². The third kappa shape index (κ3) is 2.36. The Bertz CT molecular complexity index is 918. The number of phenols is 1. The summed E-state index contributed by atoms with van der Waals surface area (Å²) in [7, 11) is 0. The minimum atomic E-state index is 0.119. The third-order valence-corrected chi connectivity index (χ3v) is 6.19. The Morgan fingerprint density at radius 1 is 1.19 bits per heavy atom. The minimum absolute atomic E-state index is 0.119. The molecule has 0 bridgehead atoms. The number of likely N-dealkylation sites (tertiary alicyclic amines) is 1. The first-order valence-corrected chi connectivity index (χ1v) is 9.49. The second-order valence-corrected chi connectivity index (χ2v) is 7.56. The van der Waals surface area contributed by atoms with Crippen LogP contribution in [0.5, 0.6) is 5.75 Å². The fourth-order valence-electron chi connectivity index (χ4n) is 4.93. The molecule has 3 aliphatic rings. The van der Waals surface area contributed by atoms with Gasteiger partial charge in [-0.1, -0.05) is 18.2 Å². The summed E-state index contributed by atoms with van der Waals surface area (Å²) < 4.78 is 0. The Labute approximate surface area is 153 Å². The quantitative estimate of drug-likeness (QED) is 0.849. The summed E-state index contributed by atoms with van der Waals surface area (Å²) >= 11 is 0. The second kappa shape index (κ2) is 5.97. The molecular formula is C22H22N2O2. The van der Waals surface area contributed by atoms with Gasteiger partial charge in [0.05, 0.1) is 5.69 Å². The Kier molecular flexibility index (Phi) is 3.59. The van der Waals surface area contributed by atoms with Crippen molar-refractivity contribution in [2.75, 3.05) is 6.54 Å². The number of fused-ring (bicyclic) bond motifs is 4. The van der Waals surface area contributed by atoms with E-state index >= 15 is 0 Å². The lowest BCUT2D eigenvalue weighted by Gasteiger charge is -2.45. The molecule has 1 fully saturated rings. The van der Waals surface area contributed by atoms with Gasteiger partial charge in [0.2, 0.25) is 0 Å². The predicted molar refractivity (Wildman–Crippen MR) is 102 cm³/mol. The van der Waals surface area contributed by atoms with Crippen LogP contribution in [0.4, 0.5) is 5.69 Å². The number of hydrogen-bond acceptors (Lipinski definition) is 3. The van der Waals surface area contributed by atoms with Gasteiger partial charge in [0, 0.05) is 36.7 Å². The molecule has 2 atom stereocenters. The Morgan fingerprint density at radius 3 is 3.04 bits per heavy atom. The van der Waals surface area contributed by atoms with Crippen LogP contribution in [0.15, 0.2) is 41.4 Å². The molecule has 1 N–H and O–H groups in total. The molecule has 5 rings (SSSR count). The summed E-state index contributed by atoms with van der Waals surface area (Å²) in [6.07, 6.45) is 6.61. The number of aliphatic imine (C=N–C) groups is 1. The average molecular weight is 346 g/mol. The number of piperidine rings is 1. The van der Waals surface area contributed by atoms with Crippen molar-refractivity contribution < 1.29 is 9.90 Å². The molecule has 2 aromatic carbocycles. The summed E-state index contributed by atoms with van der Waals surface area (Å²) in [4.78, 5) is 19.7. The molecule has 2 aromatic rings. The van der Waals surface area contributed by atoms with Crippen molar-refractivity contribution >= 4 is 17.8 Å². The minimum Gasteiger partial charge on any atom is -0.508 e. The van der Waals surface area contributed by atoms with Crippen LogP contribution >= 0.6 is 0 Å². The van der Waals surface area contributed by atoms with Gasteiger partial charge in [-0.25, -0.2) is 0 Å². The van der Waals surface area contributed by atoms with E-state index in [0.29, 0.717) is 11.7 Å². The lowest BCUT2D eigenvalue weighted by atomic mass is 9.74. The van der Waals surface area contributed by atoms with E-state index in [1.54, 1.807) is 6.07 Å². The van der Waals surface area contributed by atoms with Crippen molar-refractivity contribution in [2.24, 2.45) is 4.99 Å². The lowest BCUT2D eigenvalue weighted by molar-refractivity contribution is 0.0546. The van der Waals surface area contributed by atoms with Gasteiger partial charge in [-0.05, 0) is 60.6 Å². The largest absolute Gasteiger partial charge is 0.508 e. The van der Waals surface area contributed by atoms with Crippen molar-refractivity contribution in [1.82, 2.24) is 4.90 Å². The molecule has 132 valence electrons. The monoisotopic (exact) mass is 346 g/mol. The smallest absolute Gasteiger partial charge is 0.254 e. The van der Waals surface area contributed by atoms with Crippen molar-refractivity contribution in [3.05, 3.63) is 58.7 Å². The Balaban J connectivity index is 1.47. The van der Waals surface area contributed by atoms with Gasteiger partial charge in [0.1, 0.15) is 5.75 Å². The van der Waals surface area contributed by atoms with E-state index in [1.165, 1.54) is 11.1 Å². The molecular weight excluding hydrogens is 324 g/mol. The van der Waals surface area contributed by atoms with Crippen LogP contribution in [0.2, 0.25) is 0 Å². The number of benzene rings is 2. The zero-order valence-corrected chi connectivity index (χ0v) is 14.7. The normalized spacial score (nSPS) is 23.3. The molecule has 0 radical (unpaired) electrons. The summed E-state index contributed by atoms with van der Waals surface area (Å²) in [5, 5.41) is 10.2. The predicted octanol–water partition coefficient (Wildman–Crippen LogP) is 3.99. The molecule has 0 aromatic heterocycles. The third-order valence-electron chi connectivity index (χ3n) is 6.19. The topological polar surface area (TPSA) is 52.9 Å². The number of nitrogens with zero attached hydrogens (tertiary/aromatic N) is 2. The maximum absolute atomic E-state index is 13.3. The highest BCUT2D eigenvalue weighted by Gasteiger charge is 2.39. The first-order chi connectivity index (χ1) is 12.7. The van der Waals surface area contributed by atoms with Crippen LogP contribution < -0.4 is 0 Å². The molecule has 4 heteroatoms. The van der Waals surface area contributed by atoms with Gasteiger partial charge in [0.15, 0.2) is 0 Å². The second-order valence-electron chi connectivity index (χ2n) is 7.56. The number of carbonyl (C=O) groups excluding carboxylic acids is 1. The van der Waals surface area contributed by atoms with Gasteiger partial charge >= 0.3 is 0 Å². The Hall–Kier alpha value is -2.62. The highest BCUT2D eigenvalue weighted by atomic mass is 16.3. The molecule has 1 saturated heterocycles. The number of amides is 1. The molecule has 0 spiro atoms. The van der Waals surface area contributed by atoms with E-state index in [9.17, 15) is 9.90 Å². The maximum Gasteiger partial charge on any atom is 0.254 e. The summed E-state index contributed by atoms with van der Waals surface area (Å²) in [6.45, 7) is 0.814. The summed E-state index contributed by atoms with van der Waals surface area (Å²) in [6, 6.07) is 12.0. The molecule has 2 heterocycles. The molecule has 0 saturated carbocycles. The fraction of sp³-hybridized carbons (Fsp3) is 0.364. The zero-order valence-electron chi connectivity index (χ0n) is 14.7. The van der Waals surface area contributed by atoms with Gasteiger partial charge in [-0.15, -0.1) is 0 Å². The van der Waals surface area contributed by atoms with Crippen molar-refractivity contribution in [2.45, 2.75) is 44.1 Å². The number of rotatable bonds is 1. The van der Waals surface area contributed by atoms with E-state index in [1.807, 2.05) is 30.5 Å². The molecule has 26 heavy (non-hydrogen) atoms. The number of carbonyl (C=O) groups is 1. The lowest BCUT2D eigenvalue weighted by Crippen LogP contribution is -2.49. The average Bonchev–Trinajstić information content (AvgIpc) is 3.15. The van der Waals surface area contributed by atoms with Crippen LogP contribution in [0.25, 0.3) is 0 Å². The van der Waals surface area contributed by atoms with Crippen LogP contribution in [-0.4, -0.2) is 34.7 Å². The molecule has 1 amide bonds. The van der Waals surface area contributed by atoms with Gasteiger partial charge in [-0.3, -0.25) is 9.79 Å². The molecule has 4 nitrogen and oxygen atoms in total. The standard InChI is InChI=1S/C22H22N2O2/c25-21-5-1-3-16-17-4-2-12-24(20(17)9-8-18(16)21)22(26)15-7-6-14-10-11-23-19(14)13-15/h1,3,5-7,11,13,17,20,25H,2,4,8-10,12H2/t17?,20-/m1/s1. The molecule has 1 unspecified atom stereocenters. The van der Waals surface area contributed by atoms with Crippen molar-refractivity contribution in [3.8, 4) is 5.75 Å². The van der Waals surface area contributed by atoms with Gasteiger partial charge < -0.3 is 10.0 Å². The van der Waals surface area contributed by atoms with Crippen LogP contribution in [-0.2, 0) is 12.8 Å². The van der Waals surface area contributed by atoms with E-state index in [4.69, 9.17) is 0 Å². The van der Waals surface area contributed by atoms with E-state index in [-0.39, 0.29) is 11.9 Å². The highest BCUT2D eigenvalue weighted by Crippen LogP contribution is 2.43. The van der Waals surface area contributed by atoms with Crippen LogP contribution in [0, 0.1) is 0 Å². The Morgan fingerprint density at radius 2 is 2.12 bits per heavy atom. The highest BCUT2D eigenvalue weighted by molar-refractivity contribution is 5.96. The van der Waals surface area contributed by atoms with Gasteiger partial charge in [-0.2, -0.15) is 0 Å². The van der Waals surface area contributed by atoms with E-state index < -0.39 is 0 Å². The molecule has 2 aliphatic heterocycles. The summed E-state index contributed by atoms with van der Waals surface area (Å²) in [5.41, 5.74) is 5.18. The van der Waals surface area contributed by atoms with Crippen LogP contribution in [0.3, 0.4) is 0 Å². The van der Waals surface area contributed by atoms with Gasteiger partial charge in [0.25, 0.3) is 5.91 Å². The number of aromatic hydroxyl groups is 1. The first kappa shape index (κ1) is 15.6. The SMILES string of the molecule is O=C(c1ccc2c(c1)N=CC2)N1CCCC2c3cccc(O)c3CC[C@H]21. The molecule has 1 aliphatic carbocycles. The number of phenolic OH excluding ortho intramolecular Hbond substituents is 1. The van der Waals surface area contributed by atoms with Crippen molar-refractivity contribution in [1.29, 1.82) is 0 Å². The van der Waals surface area contributed by atoms with E-state index in [0.717, 1.165) is 55.5 Å². The van der Waals surface area contributed by atoms with E-state index in [2.05, 4.69) is 16.0 Å². The summed E-state index contributed by atoms with van der Waals surface area (Å²) in [5.74, 6) is 0.852. The zero-order chi connectivity index (χ0) is 17.7. The van der Waals surface area contributed by atoms with Crippen LogP contribution in [0.1, 0.15) is 52.2 Å². The number of hydrogen-bond donors (Lipinski definition) is 1. The fourth-order valence-corrected chi connectivity index (χ4v) is 4.93.